The van der Waals surface area contributed by atoms with Gasteiger partial charge in [0.1, 0.15) is 11.6 Å². The molecule has 0 aliphatic carbocycles. The fraction of sp³-hybridized carbons (Fsp3) is 0.250. The van der Waals surface area contributed by atoms with Gasteiger partial charge in [0.05, 0.1) is 0 Å². The third kappa shape index (κ3) is 3.64. The third-order valence-electron chi connectivity index (χ3n) is 3.29. The van der Waals surface area contributed by atoms with Gasteiger partial charge in [-0.2, -0.15) is 0 Å². The molecule has 2 aromatic carbocycles. The van der Waals surface area contributed by atoms with Crippen molar-refractivity contribution in [2.75, 3.05) is 0 Å². The Morgan fingerprint density at radius 1 is 0.950 bits per heavy atom. The molecule has 1 nitrogen and oxygen atoms in total. The van der Waals surface area contributed by atoms with Crippen LogP contribution in [0.5, 0.6) is 0 Å². The van der Waals surface area contributed by atoms with Crippen LogP contribution in [0.1, 0.15) is 37.1 Å². The van der Waals surface area contributed by atoms with Gasteiger partial charge in [-0.3, -0.25) is 0 Å². The minimum atomic E-state index is -0.425. The fourth-order valence-electron chi connectivity index (χ4n) is 2.16. The fourth-order valence-corrected chi connectivity index (χ4v) is 2.42. The average Bonchev–Trinajstić information content (AvgIpc) is 2.42. The SMILES string of the molecule is CC(NC(C)c1cc(F)ccc1F)c1ccc(Br)cc1. The van der Waals surface area contributed by atoms with Crippen LogP contribution in [-0.4, -0.2) is 0 Å². The van der Waals surface area contributed by atoms with Crippen LogP contribution in [0.15, 0.2) is 46.9 Å². The van der Waals surface area contributed by atoms with Crippen molar-refractivity contribution >= 4 is 15.9 Å². The summed E-state index contributed by atoms with van der Waals surface area (Å²) in [6.45, 7) is 3.82. The molecule has 0 bridgehead atoms. The molecule has 0 aliphatic heterocycles. The molecule has 2 unspecified atom stereocenters. The number of hydrogen-bond donors (Lipinski definition) is 1. The predicted molar refractivity (Wildman–Crippen MR) is 80.5 cm³/mol. The smallest absolute Gasteiger partial charge is 0.128 e. The van der Waals surface area contributed by atoms with Crippen molar-refractivity contribution in [2.45, 2.75) is 25.9 Å². The van der Waals surface area contributed by atoms with Crippen molar-refractivity contribution < 1.29 is 8.78 Å². The molecule has 0 amide bonds. The van der Waals surface area contributed by atoms with Crippen molar-refractivity contribution in [3.05, 3.63) is 69.7 Å². The van der Waals surface area contributed by atoms with E-state index in [0.29, 0.717) is 5.56 Å². The van der Waals surface area contributed by atoms with E-state index in [2.05, 4.69) is 21.2 Å². The first-order valence-corrected chi connectivity index (χ1v) is 7.23. The van der Waals surface area contributed by atoms with E-state index in [1.54, 1.807) is 0 Å². The summed E-state index contributed by atoms with van der Waals surface area (Å²) >= 11 is 3.39. The molecule has 0 aliphatic rings. The second-order valence-electron chi connectivity index (χ2n) is 4.83. The lowest BCUT2D eigenvalue weighted by atomic mass is 10.0. The summed E-state index contributed by atoms with van der Waals surface area (Å²) in [5.74, 6) is -0.819. The van der Waals surface area contributed by atoms with E-state index in [-0.39, 0.29) is 12.1 Å². The molecular weight excluding hydrogens is 324 g/mol. The summed E-state index contributed by atoms with van der Waals surface area (Å²) in [6, 6.07) is 11.2. The van der Waals surface area contributed by atoms with Gasteiger partial charge in [-0.05, 0) is 49.7 Å². The Bertz CT molecular complexity index is 584. The van der Waals surface area contributed by atoms with E-state index in [4.69, 9.17) is 0 Å². The zero-order chi connectivity index (χ0) is 14.7. The highest BCUT2D eigenvalue weighted by molar-refractivity contribution is 9.10. The van der Waals surface area contributed by atoms with Crippen LogP contribution in [0.4, 0.5) is 8.78 Å². The zero-order valence-corrected chi connectivity index (χ0v) is 12.9. The highest BCUT2D eigenvalue weighted by atomic mass is 79.9. The maximum absolute atomic E-state index is 13.7. The minimum absolute atomic E-state index is 0.0424. The van der Waals surface area contributed by atoms with Crippen LogP contribution >= 0.6 is 15.9 Å². The molecule has 4 heteroatoms. The largest absolute Gasteiger partial charge is 0.304 e. The number of rotatable bonds is 4. The molecule has 0 saturated carbocycles. The second-order valence-corrected chi connectivity index (χ2v) is 5.74. The monoisotopic (exact) mass is 339 g/mol. The van der Waals surface area contributed by atoms with Crippen LogP contribution < -0.4 is 5.32 Å². The molecule has 0 spiro atoms. The third-order valence-corrected chi connectivity index (χ3v) is 3.82. The lowest BCUT2D eigenvalue weighted by molar-refractivity contribution is 0.470. The Morgan fingerprint density at radius 2 is 1.60 bits per heavy atom. The van der Waals surface area contributed by atoms with Crippen LogP contribution in [0.3, 0.4) is 0 Å². The highest BCUT2D eigenvalue weighted by Crippen LogP contribution is 2.23. The molecule has 106 valence electrons. The van der Waals surface area contributed by atoms with Gasteiger partial charge in [0.15, 0.2) is 0 Å². The Morgan fingerprint density at radius 3 is 2.25 bits per heavy atom. The van der Waals surface area contributed by atoms with Crippen molar-refractivity contribution in [3.63, 3.8) is 0 Å². The van der Waals surface area contributed by atoms with E-state index >= 15 is 0 Å². The van der Waals surface area contributed by atoms with E-state index < -0.39 is 11.6 Å². The predicted octanol–water partition coefficient (Wildman–Crippen LogP) is 5.14. The van der Waals surface area contributed by atoms with Gasteiger partial charge in [0.2, 0.25) is 0 Å². The normalized spacial score (nSPS) is 14.1. The molecule has 2 atom stereocenters. The summed E-state index contributed by atoms with van der Waals surface area (Å²) in [7, 11) is 0. The number of halogens is 3. The zero-order valence-electron chi connectivity index (χ0n) is 11.3. The van der Waals surface area contributed by atoms with Gasteiger partial charge in [0.25, 0.3) is 0 Å². The maximum Gasteiger partial charge on any atom is 0.128 e. The molecule has 0 heterocycles. The van der Waals surface area contributed by atoms with E-state index in [1.807, 2.05) is 38.1 Å². The molecular formula is C16H16BrF2N. The lowest BCUT2D eigenvalue weighted by Gasteiger charge is -2.21. The molecule has 0 saturated heterocycles. The molecule has 2 rings (SSSR count). The molecule has 0 aromatic heterocycles. The summed E-state index contributed by atoms with van der Waals surface area (Å²) in [5.41, 5.74) is 1.44. The van der Waals surface area contributed by atoms with Crippen LogP contribution in [0.2, 0.25) is 0 Å². The summed E-state index contributed by atoms with van der Waals surface area (Å²) in [5, 5.41) is 3.28. The van der Waals surface area contributed by atoms with Gasteiger partial charge in [0, 0.05) is 22.1 Å². The van der Waals surface area contributed by atoms with Gasteiger partial charge in [-0.25, -0.2) is 8.78 Å². The quantitative estimate of drug-likeness (QED) is 0.813. The summed E-state index contributed by atoms with van der Waals surface area (Å²) in [6.07, 6.45) is 0. The van der Waals surface area contributed by atoms with Crippen molar-refractivity contribution in [2.24, 2.45) is 0 Å². The molecule has 2 aromatic rings. The van der Waals surface area contributed by atoms with Crippen molar-refractivity contribution in [1.82, 2.24) is 5.32 Å². The number of benzene rings is 2. The lowest BCUT2D eigenvalue weighted by Crippen LogP contribution is -2.23. The Labute approximate surface area is 126 Å². The summed E-state index contributed by atoms with van der Waals surface area (Å²) in [4.78, 5) is 0. The Kier molecular flexibility index (Phi) is 4.89. The minimum Gasteiger partial charge on any atom is -0.304 e. The first-order chi connectivity index (χ1) is 9.47. The van der Waals surface area contributed by atoms with Gasteiger partial charge in [-0.15, -0.1) is 0 Å². The first-order valence-electron chi connectivity index (χ1n) is 6.44. The second kappa shape index (κ2) is 6.46. The van der Waals surface area contributed by atoms with E-state index in [1.165, 1.54) is 6.07 Å². The van der Waals surface area contributed by atoms with Crippen molar-refractivity contribution in [3.8, 4) is 0 Å². The first kappa shape index (κ1) is 15.1. The topological polar surface area (TPSA) is 12.0 Å². The maximum atomic E-state index is 13.7. The number of hydrogen-bond acceptors (Lipinski definition) is 1. The Balaban J connectivity index is 2.12. The highest BCUT2D eigenvalue weighted by Gasteiger charge is 2.15. The van der Waals surface area contributed by atoms with Crippen molar-refractivity contribution in [1.29, 1.82) is 0 Å². The van der Waals surface area contributed by atoms with Gasteiger partial charge < -0.3 is 5.32 Å². The van der Waals surface area contributed by atoms with Gasteiger partial charge >= 0.3 is 0 Å². The molecule has 1 N–H and O–H groups in total. The number of nitrogens with one attached hydrogen (secondary N) is 1. The molecule has 0 fully saturated rings. The van der Waals surface area contributed by atoms with E-state index in [9.17, 15) is 8.78 Å². The van der Waals surface area contributed by atoms with Crippen LogP contribution in [0, 0.1) is 11.6 Å². The summed E-state index contributed by atoms with van der Waals surface area (Å²) < 4.78 is 27.9. The van der Waals surface area contributed by atoms with Gasteiger partial charge in [-0.1, -0.05) is 28.1 Å². The molecule has 20 heavy (non-hydrogen) atoms. The standard InChI is InChI=1S/C16H16BrF2N/c1-10(12-3-5-13(17)6-4-12)20-11(2)15-9-14(18)7-8-16(15)19/h3-11,20H,1-2H3. The molecule has 0 radical (unpaired) electrons. The average molecular weight is 340 g/mol. The van der Waals surface area contributed by atoms with Crippen LogP contribution in [0.25, 0.3) is 0 Å². The van der Waals surface area contributed by atoms with E-state index in [0.717, 1.165) is 22.2 Å². The Hall–Kier alpha value is -1.26. The van der Waals surface area contributed by atoms with Crippen LogP contribution in [-0.2, 0) is 0 Å².